The molecule has 0 saturated heterocycles. The van der Waals surface area contributed by atoms with Crippen LogP contribution in [0.25, 0.3) is 11.3 Å². The Morgan fingerprint density at radius 3 is 2.40 bits per heavy atom. The van der Waals surface area contributed by atoms with Gasteiger partial charge in [-0.05, 0) is 36.1 Å². The summed E-state index contributed by atoms with van der Waals surface area (Å²) in [6.45, 7) is 0.227. The first-order valence-corrected chi connectivity index (χ1v) is 9.01. The molecule has 3 aromatic rings. The molecule has 0 unspecified atom stereocenters. The molecule has 2 nitrogen and oxygen atoms in total. The molecule has 0 spiro atoms. The summed E-state index contributed by atoms with van der Waals surface area (Å²) in [6, 6.07) is 15.4. The van der Waals surface area contributed by atoms with Crippen LogP contribution in [0, 0.1) is 0 Å². The van der Waals surface area contributed by atoms with Gasteiger partial charge in [-0.25, -0.2) is 0 Å². The van der Waals surface area contributed by atoms with Gasteiger partial charge in [-0.15, -0.1) is 11.8 Å². The molecule has 0 radical (unpaired) electrons. The highest BCUT2D eigenvalue weighted by Gasteiger charge is 2.35. The Labute approximate surface area is 152 Å². The van der Waals surface area contributed by atoms with E-state index in [1.54, 1.807) is 30.3 Å². The summed E-state index contributed by atoms with van der Waals surface area (Å²) in [5, 5.41) is 4.38. The lowest BCUT2D eigenvalue weighted by atomic mass is 10.1. The first-order valence-electron chi connectivity index (χ1n) is 7.41. The lowest BCUT2D eigenvalue weighted by Gasteiger charge is -2.11. The number of aromatic nitrogens is 2. The fourth-order valence-electron chi connectivity index (χ4n) is 2.51. The third-order valence-electron chi connectivity index (χ3n) is 3.70. The van der Waals surface area contributed by atoms with Gasteiger partial charge in [0.15, 0.2) is 5.69 Å². The first kappa shape index (κ1) is 17.9. The minimum absolute atomic E-state index is 0.227. The van der Waals surface area contributed by atoms with Gasteiger partial charge in [-0.3, -0.25) is 4.68 Å². The normalized spacial score (nSPS) is 11.7. The van der Waals surface area contributed by atoms with Gasteiger partial charge in [-0.1, -0.05) is 41.9 Å². The molecular formula is C18H14ClF3N2S. The van der Waals surface area contributed by atoms with Crippen LogP contribution < -0.4 is 0 Å². The number of nitrogens with zero attached hydrogens (tertiary/aromatic N) is 2. The smallest absolute Gasteiger partial charge is 0.260 e. The monoisotopic (exact) mass is 382 g/mol. The van der Waals surface area contributed by atoms with Crippen molar-refractivity contribution in [3.05, 3.63) is 70.9 Å². The number of rotatable bonds is 4. The molecule has 3 rings (SSSR count). The first-order chi connectivity index (χ1) is 11.9. The van der Waals surface area contributed by atoms with Crippen LogP contribution in [-0.2, 0) is 12.7 Å². The van der Waals surface area contributed by atoms with Crippen molar-refractivity contribution in [3.8, 4) is 11.3 Å². The van der Waals surface area contributed by atoms with E-state index in [1.165, 1.54) is 16.4 Å². The summed E-state index contributed by atoms with van der Waals surface area (Å²) >= 11 is 7.36. The zero-order valence-corrected chi connectivity index (χ0v) is 14.8. The molecule has 0 atom stereocenters. The van der Waals surface area contributed by atoms with E-state index >= 15 is 0 Å². The minimum Gasteiger partial charge on any atom is -0.260 e. The van der Waals surface area contributed by atoms with E-state index < -0.39 is 11.9 Å². The summed E-state index contributed by atoms with van der Waals surface area (Å²) in [7, 11) is 0. The van der Waals surface area contributed by atoms with E-state index in [0.29, 0.717) is 10.7 Å². The van der Waals surface area contributed by atoms with Gasteiger partial charge in [0.25, 0.3) is 0 Å². The molecule has 0 saturated carbocycles. The third-order valence-corrected chi connectivity index (χ3v) is 4.75. The molecule has 0 aliphatic rings. The Kier molecular flexibility index (Phi) is 5.11. The highest BCUT2D eigenvalue weighted by Crippen LogP contribution is 2.35. The van der Waals surface area contributed by atoms with Crippen molar-refractivity contribution in [2.24, 2.45) is 0 Å². The maximum absolute atomic E-state index is 13.2. The Hall–Kier alpha value is -1.92. The SMILES string of the molecule is CSc1ccccc1-c1cc(C(F)(F)F)nn1Cc1ccc(Cl)cc1. The van der Waals surface area contributed by atoms with Gasteiger partial charge < -0.3 is 0 Å². The van der Waals surface area contributed by atoms with Crippen molar-refractivity contribution in [2.75, 3.05) is 6.26 Å². The van der Waals surface area contributed by atoms with Gasteiger partial charge in [-0.2, -0.15) is 18.3 Å². The quantitative estimate of drug-likeness (QED) is 0.515. The molecule has 0 N–H and O–H groups in total. The summed E-state index contributed by atoms with van der Waals surface area (Å²) in [4.78, 5) is 0.897. The van der Waals surface area contributed by atoms with E-state index in [9.17, 15) is 13.2 Å². The van der Waals surface area contributed by atoms with Gasteiger partial charge >= 0.3 is 6.18 Å². The van der Waals surface area contributed by atoms with Crippen LogP contribution in [0.5, 0.6) is 0 Å². The Bertz CT molecular complexity index is 873. The molecule has 0 amide bonds. The van der Waals surface area contributed by atoms with Gasteiger partial charge in [0.05, 0.1) is 12.2 Å². The molecule has 130 valence electrons. The summed E-state index contributed by atoms with van der Waals surface area (Å²) < 4.78 is 40.9. The number of benzene rings is 2. The zero-order valence-electron chi connectivity index (χ0n) is 13.2. The number of alkyl halides is 3. The number of hydrogen-bond acceptors (Lipinski definition) is 2. The van der Waals surface area contributed by atoms with E-state index in [-0.39, 0.29) is 6.54 Å². The maximum atomic E-state index is 13.2. The predicted octanol–water partition coefficient (Wildman–Crippen LogP) is 5.99. The number of hydrogen-bond donors (Lipinski definition) is 0. The van der Waals surface area contributed by atoms with Crippen LogP contribution in [0.1, 0.15) is 11.3 Å². The lowest BCUT2D eigenvalue weighted by molar-refractivity contribution is -0.141. The van der Waals surface area contributed by atoms with Crippen LogP contribution in [-0.4, -0.2) is 16.0 Å². The highest BCUT2D eigenvalue weighted by atomic mass is 35.5. The maximum Gasteiger partial charge on any atom is 0.435 e. The van der Waals surface area contributed by atoms with Gasteiger partial charge in [0, 0.05) is 15.5 Å². The van der Waals surface area contributed by atoms with E-state index in [1.807, 2.05) is 24.5 Å². The van der Waals surface area contributed by atoms with E-state index in [4.69, 9.17) is 11.6 Å². The van der Waals surface area contributed by atoms with E-state index in [2.05, 4.69) is 5.10 Å². The average Bonchev–Trinajstić information content (AvgIpc) is 3.01. The molecule has 1 heterocycles. The van der Waals surface area contributed by atoms with Crippen LogP contribution in [0.2, 0.25) is 5.02 Å². The highest BCUT2D eigenvalue weighted by molar-refractivity contribution is 7.98. The second-order valence-electron chi connectivity index (χ2n) is 5.40. The number of thioether (sulfide) groups is 1. The zero-order chi connectivity index (χ0) is 18.0. The summed E-state index contributed by atoms with van der Waals surface area (Å²) in [6.07, 6.45) is -2.60. The fraction of sp³-hybridized carbons (Fsp3) is 0.167. The molecule has 1 aromatic heterocycles. The Balaban J connectivity index is 2.09. The summed E-state index contributed by atoms with van der Waals surface area (Å²) in [5.74, 6) is 0. The molecule has 0 aliphatic heterocycles. The summed E-state index contributed by atoms with van der Waals surface area (Å²) in [5.41, 5.74) is 1.09. The number of halogens is 4. The largest absolute Gasteiger partial charge is 0.435 e. The second kappa shape index (κ2) is 7.14. The van der Waals surface area contributed by atoms with Gasteiger partial charge in [0.1, 0.15) is 0 Å². The molecule has 0 fully saturated rings. The topological polar surface area (TPSA) is 17.8 Å². The van der Waals surface area contributed by atoms with Crippen molar-refractivity contribution in [1.82, 2.24) is 9.78 Å². The molecule has 2 aromatic carbocycles. The van der Waals surface area contributed by atoms with Gasteiger partial charge in [0.2, 0.25) is 0 Å². The van der Waals surface area contributed by atoms with Crippen LogP contribution in [0.15, 0.2) is 59.5 Å². The standard InChI is InChI=1S/C18H14ClF3N2S/c1-25-16-5-3-2-4-14(16)15-10-17(18(20,21)22)23-24(15)11-12-6-8-13(19)9-7-12/h2-10H,11H2,1H3. The molecule has 0 bridgehead atoms. The lowest BCUT2D eigenvalue weighted by Crippen LogP contribution is -2.09. The van der Waals surface area contributed by atoms with Crippen LogP contribution in [0.4, 0.5) is 13.2 Å². The van der Waals surface area contributed by atoms with E-state index in [0.717, 1.165) is 22.1 Å². The van der Waals surface area contributed by atoms with Crippen LogP contribution >= 0.6 is 23.4 Å². The molecule has 25 heavy (non-hydrogen) atoms. The van der Waals surface area contributed by atoms with Crippen LogP contribution in [0.3, 0.4) is 0 Å². The minimum atomic E-state index is -4.49. The van der Waals surface area contributed by atoms with Crippen molar-refractivity contribution in [3.63, 3.8) is 0 Å². The molecule has 7 heteroatoms. The van der Waals surface area contributed by atoms with Crippen molar-refractivity contribution in [2.45, 2.75) is 17.6 Å². The fourth-order valence-corrected chi connectivity index (χ4v) is 3.24. The molecule has 0 aliphatic carbocycles. The predicted molar refractivity (Wildman–Crippen MR) is 95.0 cm³/mol. The van der Waals surface area contributed by atoms with Crippen molar-refractivity contribution in [1.29, 1.82) is 0 Å². The Morgan fingerprint density at radius 1 is 1.08 bits per heavy atom. The van der Waals surface area contributed by atoms with Crippen molar-refractivity contribution >= 4 is 23.4 Å². The third kappa shape index (κ3) is 4.02. The Morgan fingerprint density at radius 2 is 1.76 bits per heavy atom. The average molecular weight is 383 g/mol. The second-order valence-corrected chi connectivity index (χ2v) is 6.68. The molecular weight excluding hydrogens is 369 g/mol. The van der Waals surface area contributed by atoms with Crippen molar-refractivity contribution < 1.29 is 13.2 Å².